The molecular formula is C17H25NO2. The summed E-state index contributed by atoms with van der Waals surface area (Å²) in [4.78, 5) is 2.48. The molecule has 3 nitrogen and oxygen atoms in total. The van der Waals surface area contributed by atoms with Gasteiger partial charge in [-0.2, -0.15) is 0 Å². The van der Waals surface area contributed by atoms with Crippen LogP contribution in [0.3, 0.4) is 0 Å². The average Bonchev–Trinajstić information content (AvgIpc) is 2.49. The number of aryl methyl sites for hydroxylation is 1. The summed E-state index contributed by atoms with van der Waals surface area (Å²) in [6.45, 7) is 2.87. The maximum Gasteiger partial charge on any atom is 0.126 e. The Morgan fingerprint density at radius 3 is 3.15 bits per heavy atom. The Kier molecular flexibility index (Phi) is 4.46. The third kappa shape index (κ3) is 3.26. The van der Waals surface area contributed by atoms with Gasteiger partial charge in [0.05, 0.1) is 13.2 Å². The quantitative estimate of drug-likeness (QED) is 0.842. The van der Waals surface area contributed by atoms with Crippen molar-refractivity contribution in [3.63, 3.8) is 0 Å². The van der Waals surface area contributed by atoms with Gasteiger partial charge in [-0.15, -0.1) is 0 Å². The Balaban J connectivity index is 1.50. The van der Waals surface area contributed by atoms with Crippen LogP contribution in [0.1, 0.15) is 37.7 Å². The first-order valence-electron chi connectivity index (χ1n) is 7.92. The van der Waals surface area contributed by atoms with E-state index in [1.807, 2.05) is 0 Å². The number of nitrogens with zero attached hydrogens (tertiary/aromatic N) is 1. The fraction of sp³-hybridized carbons (Fsp3) is 0.647. The van der Waals surface area contributed by atoms with Gasteiger partial charge < -0.3 is 14.4 Å². The van der Waals surface area contributed by atoms with Crippen molar-refractivity contribution in [2.45, 2.75) is 44.6 Å². The van der Waals surface area contributed by atoms with Crippen molar-refractivity contribution in [1.82, 2.24) is 4.90 Å². The molecule has 1 aromatic carbocycles. The van der Waals surface area contributed by atoms with Gasteiger partial charge in [0.15, 0.2) is 0 Å². The lowest BCUT2D eigenvalue weighted by Crippen LogP contribution is -2.37. The Labute approximate surface area is 121 Å². The zero-order chi connectivity index (χ0) is 13.8. The summed E-state index contributed by atoms with van der Waals surface area (Å²) in [6, 6.07) is 6.98. The first-order valence-corrected chi connectivity index (χ1v) is 7.92. The van der Waals surface area contributed by atoms with E-state index in [9.17, 15) is 0 Å². The van der Waals surface area contributed by atoms with Gasteiger partial charge in [-0.25, -0.2) is 0 Å². The molecule has 3 rings (SSSR count). The van der Waals surface area contributed by atoms with Crippen LogP contribution in [0.4, 0.5) is 0 Å². The first kappa shape index (κ1) is 13.7. The van der Waals surface area contributed by atoms with Crippen LogP contribution in [-0.4, -0.2) is 37.7 Å². The zero-order valence-electron chi connectivity index (χ0n) is 12.4. The third-order valence-corrected chi connectivity index (χ3v) is 4.53. The van der Waals surface area contributed by atoms with Crippen LogP contribution in [-0.2, 0) is 6.42 Å². The normalized spacial score (nSPS) is 22.9. The van der Waals surface area contributed by atoms with Crippen LogP contribution in [0.5, 0.6) is 11.5 Å². The van der Waals surface area contributed by atoms with Crippen LogP contribution in [0, 0.1) is 0 Å². The Morgan fingerprint density at radius 1 is 1.30 bits per heavy atom. The van der Waals surface area contributed by atoms with E-state index >= 15 is 0 Å². The predicted octanol–water partition coefficient (Wildman–Crippen LogP) is 3.26. The molecule has 110 valence electrons. The maximum absolute atomic E-state index is 5.92. The van der Waals surface area contributed by atoms with Gasteiger partial charge in [0.2, 0.25) is 0 Å². The molecule has 0 aliphatic carbocycles. The molecule has 2 aliphatic heterocycles. The predicted molar refractivity (Wildman–Crippen MR) is 80.6 cm³/mol. The summed E-state index contributed by atoms with van der Waals surface area (Å²) < 4.78 is 11.6. The molecule has 3 heteroatoms. The monoisotopic (exact) mass is 275 g/mol. The van der Waals surface area contributed by atoms with E-state index in [1.54, 1.807) is 0 Å². The molecule has 20 heavy (non-hydrogen) atoms. The van der Waals surface area contributed by atoms with Crippen LogP contribution in [0.2, 0.25) is 0 Å². The van der Waals surface area contributed by atoms with E-state index < -0.39 is 0 Å². The number of benzene rings is 1. The molecule has 1 fully saturated rings. The number of hydrogen-bond acceptors (Lipinski definition) is 3. The van der Waals surface area contributed by atoms with Gasteiger partial charge in [-0.05, 0) is 57.3 Å². The number of ether oxygens (including phenoxy) is 2. The molecule has 0 aromatic heterocycles. The molecule has 0 N–H and O–H groups in total. The summed E-state index contributed by atoms with van der Waals surface area (Å²) in [7, 11) is 2.23. The second-order valence-electron chi connectivity index (χ2n) is 5.99. The van der Waals surface area contributed by atoms with Gasteiger partial charge in [0.25, 0.3) is 0 Å². The zero-order valence-corrected chi connectivity index (χ0v) is 12.4. The number of rotatable bonds is 4. The lowest BCUT2D eigenvalue weighted by molar-refractivity contribution is 0.153. The highest BCUT2D eigenvalue weighted by molar-refractivity contribution is 5.41. The molecule has 2 aliphatic rings. The summed E-state index contributed by atoms with van der Waals surface area (Å²) in [5, 5.41) is 0. The average molecular weight is 275 g/mol. The lowest BCUT2D eigenvalue weighted by Gasteiger charge is -2.32. The Hall–Kier alpha value is -1.22. The van der Waals surface area contributed by atoms with E-state index in [0.29, 0.717) is 6.04 Å². The van der Waals surface area contributed by atoms with Crippen molar-refractivity contribution in [1.29, 1.82) is 0 Å². The molecule has 1 aromatic rings. The minimum absolute atomic E-state index is 0.692. The van der Waals surface area contributed by atoms with Crippen molar-refractivity contribution in [2.24, 2.45) is 0 Å². The van der Waals surface area contributed by atoms with Crippen molar-refractivity contribution in [2.75, 3.05) is 26.8 Å². The molecule has 0 spiro atoms. The van der Waals surface area contributed by atoms with Crippen LogP contribution < -0.4 is 9.47 Å². The molecule has 1 unspecified atom stereocenters. The Morgan fingerprint density at radius 2 is 2.25 bits per heavy atom. The first-order chi connectivity index (χ1) is 9.83. The Bertz CT molecular complexity index is 447. The SMILES string of the molecule is CN1CCCCC1CCOc1ccc2c(c1)OCCC2. The van der Waals surface area contributed by atoms with Crippen molar-refractivity contribution >= 4 is 0 Å². The fourth-order valence-corrected chi connectivity index (χ4v) is 3.23. The topological polar surface area (TPSA) is 21.7 Å². The minimum atomic E-state index is 0.692. The van der Waals surface area contributed by atoms with Gasteiger partial charge in [0.1, 0.15) is 11.5 Å². The number of likely N-dealkylation sites (tertiary alicyclic amines) is 1. The van der Waals surface area contributed by atoms with Crippen molar-refractivity contribution in [3.05, 3.63) is 23.8 Å². The van der Waals surface area contributed by atoms with E-state index in [1.165, 1.54) is 31.4 Å². The molecule has 0 radical (unpaired) electrons. The maximum atomic E-state index is 5.92. The van der Waals surface area contributed by atoms with E-state index in [2.05, 4.69) is 30.1 Å². The van der Waals surface area contributed by atoms with Crippen LogP contribution >= 0.6 is 0 Å². The van der Waals surface area contributed by atoms with E-state index in [0.717, 1.165) is 44.0 Å². The standard InChI is InChI=1S/C17H25NO2/c1-18-10-3-2-6-15(18)9-12-19-16-8-7-14-5-4-11-20-17(14)13-16/h7-8,13,15H,2-6,9-12H2,1H3. The highest BCUT2D eigenvalue weighted by Gasteiger charge is 2.18. The van der Waals surface area contributed by atoms with E-state index in [-0.39, 0.29) is 0 Å². The summed E-state index contributed by atoms with van der Waals surface area (Å²) in [6.07, 6.45) is 7.39. The van der Waals surface area contributed by atoms with Gasteiger partial charge in [-0.3, -0.25) is 0 Å². The summed E-state index contributed by atoms with van der Waals surface area (Å²) in [5.41, 5.74) is 1.32. The van der Waals surface area contributed by atoms with Gasteiger partial charge in [0, 0.05) is 12.1 Å². The molecule has 1 saturated heterocycles. The molecule has 2 heterocycles. The lowest BCUT2D eigenvalue weighted by atomic mass is 10.0. The van der Waals surface area contributed by atoms with Gasteiger partial charge in [-0.1, -0.05) is 12.5 Å². The third-order valence-electron chi connectivity index (χ3n) is 4.53. The number of fused-ring (bicyclic) bond motifs is 1. The molecule has 0 amide bonds. The number of hydrogen-bond donors (Lipinski definition) is 0. The number of piperidine rings is 1. The van der Waals surface area contributed by atoms with Crippen molar-refractivity contribution in [3.8, 4) is 11.5 Å². The van der Waals surface area contributed by atoms with Crippen molar-refractivity contribution < 1.29 is 9.47 Å². The van der Waals surface area contributed by atoms with E-state index in [4.69, 9.17) is 9.47 Å². The highest BCUT2D eigenvalue weighted by Crippen LogP contribution is 2.29. The second-order valence-corrected chi connectivity index (χ2v) is 5.99. The molecular weight excluding hydrogens is 250 g/mol. The van der Waals surface area contributed by atoms with Gasteiger partial charge >= 0.3 is 0 Å². The second kappa shape index (κ2) is 6.49. The largest absolute Gasteiger partial charge is 0.493 e. The fourth-order valence-electron chi connectivity index (χ4n) is 3.23. The smallest absolute Gasteiger partial charge is 0.126 e. The molecule has 0 bridgehead atoms. The van der Waals surface area contributed by atoms with Crippen LogP contribution in [0.15, 0.2) is 18.2 Å². The minimum Gasteiger partial charge on any atom is -0.493 e. The highest BCUT2D eigenvalue weighted by atomic mass is 16.5. The van der Waals surface area contributed by atoms with Crippen LogP contribution in [0.25, 0.3) is 0 Å². The molecule has 1 atom stereocenters. The summed E-state index contributed by atoms with van der Waals surface area (Å²) in [5.74, 6) is 1.97. The summed E-state index contributed by atoms with van der Waals surface area (Å²) >= 11 is 0. The molecule has 0 saturated carbocycles.